The molecule has 0 spiro atoms. The maximum absolute atomic E-state index is 13.7. The molecule has 0 radical (unpaired) electrons. The third-order valence-electron chi connectivity index (χ3n) is 3.67. The van der Waals surface area contributed by atoms with Crippen LogP contribution in [0.4, 0.5) is 14.5 Å². The monoisotopic (exact) mass is 330 g/mol. The van der Waals surface area contributed by atoms with Gasteiger partial charge >= 0.3 is 0 Å². The first-order valence-electron chi connectivity index (χ1n) is 7.48. The largest absolute Gasteiger partial charge is 0.319 e. The van der Waals surface area contributed by atoms with Gasteiger partial charge in [0.05, 0.1) is 23.1 Å². The van der Waals surface area contributed by atoms with Gasteiger partial charge in [-0.15, -0.1) is 0 Å². The lowest BCUT2D eigenvalue weighted by atomic mass is 10.1. The molecule has 3 aromatic rings. The van der Waals surface area contributed by atoms with E-state index in [9.17, 15) is 13.6 Å². The number of rotatable bonds is 3. The molecule has 2 heterocycles. The van der Waals surface area contributed by atoms with Gasteiger partial charge in [-0.25, -0.2) is 18.4 Å². The number of carbonyl (C=O) groups excluding carboxylic acids is 1. The summed E-state index contributed by atoms with van der Waals surface area (Å²) in [5.41, 5.74) is 1.24. The maximum Gasteiger partial charge on any atom is 0.257 e. The first-order valence-corrected chi connectivity index (χ1v) is 7.48. The van der Waals surface area contributed by atoms with Crippen molar-refractivity contribution in [3.63, 3.8) is 0 Å². The first kappa shape index (κ1) is 16.0. The number of nitrogens with one attached hydrogen (secondary N) is 1. The van der Waals surface area contributed by atoms with Gasteiger partial charge in [0.15, 0.2) is 5.65 Å². The van der Waals surface area contributed by atoms with Crippen LogP contribution in [0.25, 0.3) is 11.0 Å². The fraction of sp³-hybridized carbons (Fsp3) is 0.235. The van der Waals surface area contributed by atoms with Gasteiger partial charge in [0.1, 0.15) is 11.6 Å². The summed E-state index contributed by atoms with van der Waals surface area (Å²) in [6.07, 6.45) is 1.63. The fourth-order valence-corrected chi connectivity index (χ4v) is 2.46. The van der Waals surface area contributed by atoms with Gasteiger partial charge in [-0.3, -0.25) is 4.79 Å². The minimum Gasteiger partial charge on any atom is -0.319 e. The van der Waals surface area contributed by atoms with Crippen molar-refractivity contribution >= 4 is 22.6 Å². The standard InChI is InChI=1S/C17H16F2N4O/c1-9(2)23-16-11(8-20-23)6-13(10(3)21-16)17(24)22-15-7-12(18)4-5-14(15)19/h4-9H,1-3H3,(H,22,24). The van der Waals surface area contributed by atoms with E-state index in [1.807, 2.05) is 13.8 Å². The molecule has 0 saturated heterocycles. The van der Waals surface area contributed by atoms with Crippen molar-refractivity contribution in [3.05, 3.63) is 53.4 Å². The predicted molar refractivity (Wildman–Crippen MR) is 87.0 cm³/mol. The summed E-state index contributed by atoms with van der Waals surface area (Å²) in [4.78, 5) is 16.8. The maximum atomic E-state index is 13.7. The Kier molecular flexibility index (Phi) is 4.01. The Morgan fingerprint density at radius 3 is 2.71 bits per heavy atom. The number of aromatic nitrogens is 3. The van der Waals surface area contributed by atoms with Crippen molar-refractivity contribution in [1.29, 1.82) is 0 Å². The molecule has 0 aliphatic rings. The number of nitrogens with zero attached hydrogens (tertiary/aromatic N) is 3. The molecule has 0 fully saturated rings. The van der Waals surface area contributed by atoms with Crippen molar-refractivity contribution in [2.24, 2.45) is 0 Å². The van der Waals surface area contributed by atoms with Crippen LogP contribution in [0, 0.1) is 18.6 Å². The lowest BCUT2D eigenvalue weighted by Gasteiger charge is -2.10. The van der Waals surface area contributed by atoms with Gasteiger partial charge < -0.3 is 5.32 Å². The number of hydrogen-bond acceptors (Lipinski definition) is 3. The van der Waals surface area contributed by atoms with Gasteiger partial charge in [-0.2, -0.15) is 5.10 Å². The number of carbonyl (C=O) groups is 1. The summed E-state index contributed by atoms with van der Waals surface area (Å²) in [5.74, 6) is -1.89. The number of hydrogen-bond donors (Lipinski definition) is 1. The SMILES string of the molecule is Cc1nc2c(cnn2C(C)C)cc1C(=O)Nc1cc(F)ccc1F. The molecule has 0 saturated carbocycles. The molecule has 1 aromatic carbocycles. The molecule has 0 atom stereocenters. The second-order valence-electron chi connectivity index (χ2n) is 5.80. The van der Waals surface area contributed by atoms with Gasteiger partial charge in [-0.1, -0.05) is 0 Å². The van der Waals surface area contributed by atoms with Crippen LogP contribution >= 0.6 is 0 Å². The number of aryl methyl sites for hydroxylation is 1. The third kappa shape index (κ3) is 2.84. The second kappa shape index (κ2) is 5.99. The molecule has 0 aliphatic carbocycles. The highest BCUT2D eigenvalue weighted by molar-refractivity contribution is 6.06. The summed E-state index contributed by atoms with van der Waals surface area (Å²) in [6, 6.07) is 4.67. The number of anilines is 1. The molecular formula is C17H16F2N4O. The van der Waals surface area contributed by atoms with E-state index in [1.165, 1.54) is 0 Å². The first-order chi connectivity index (χ1) is 11.4. The van der Waals surface area contributed by atoms with Crippen LogP contribution in [0.5, 0.6) is 0 Å². The smallest absolute Gasteiger partial charge is 0.257 e. The molecule has 124 valence electrons. The molecule has 0 unspecified atom stereocenters. The summed E-state index contributed by atoms with van der Waals surface area (Å²) in [5, 5.41) is 7.35. The van der Waals surface area contributed by atoms with E-state index in [2.05, 4.69) is 15.4 Å². The molecule has 5 nitrogen and oxygen atoms in total. The summed E-state index contributed by atoms with van der Waals surface area (Å²) >= 11 is 0. The number of benzene rings is 1. The van der Waals surface area contributed by atoms with Crippen LogP contribution in [0.1, 0.15) is 35.9 Å². The average Bonchev–Trinajstić information content (AvgIpc) is 2.92. The Morgan fingerprint density at radius 2 is 2.00 bits per heavy atom. The number of pyridine rings is 1. The Morgan fingerprint density at radius 1 is 1.25 bits per heavy atom. The van der Waals surface area contributed by atoms with Crippen LogP contribution < -0.4 is 5.32 Å². The average molecular weight is 330 g/mol. The zero-order valence-electron chi connectivity index (χ0n) is 13.5. The summed E-state index contributed by atoms with van der Waals surface area (Å²) < 4.78 is 28.7. The highest BCUT2D eigenvalue weighted by atomic mass is 19.1. The van der Waals surface area contributed by atoms with Gasteiger partial charge in [-0.05, 0) is 39.0 Å². The van der Waals surface area contributed by atoms with Crippen LogP contribution in [-0.2, 0) is 0 Å². The fourth-order valence-electron chi connectivity index (χ4n) is 2.46. The topological polar surface area (TPSA) is 59.8 Å². The van der Waals surface area contributed by atoms with E-state index in [-0.39, 0.29) is 17.3 Å². The zero-order valence-corrected chi connectivity index (χ0v) is 13.5. The van der Waals surface area contributed by atoms with E-state index in [0.29, 0.717) is 16.7 Å². The zero-order chi connectivity index (χ0) is 17.4. The lowest BCUT2D eigenvalue weighted by Crippen LogP contribution is -2.15. The second-order valence-corrected chi connectivity index (χ2v) is 5.80. The van der Waals surface area contributed by atoms with Crippen molar-refractivity contribution < 1.29 is 13.6 Å². The molecule has 0 bridgehead atoms. The molecule has 3 rings (SSSR count). The molecule has 1 amide bonds. The van der Waals surface area contributed by atoms with E-state index in [0.717, 1.165) is 18.2 Å². The Balaban J connectivity index is 1.98. The highest BCUT2D eigenvalue weighted by Crippen LogP contribution is 2.21. The van der Waals surface area contributed by atoms with Gasteiger partial charge in [0, 0.05) is 17.5 Å². The molecule has 1 N–H and O–H groups in total. The molecule has 24 heavy (non-hydrogen) atoms. The van der Waals surface area contributed by atoms with Crippen molar-refractivity contribution in [1.82, 2.24) is 14.8 Å². The molecule has 2 aromatic heterocycles. The Labute approximate surface area is 137 Å². The quantitative estimate of drug-likeness (QED) is 0.793. The minimum absolute atomic E-state index is 0.135. The lowest BCUT2D eigenvalue weighted by molar-refractivity contribution is 0.102. The normalized spacial score (nSPS) is 11.2. The van der Waals surface area contributed by atoms with Crippen LogP contribution in [0.15, 0.2) is 30.5 Å². The third-order valence-corrected chi connectivity index (χ3v) is 3.67. The number of amides is 1. The molecular weight excluding hydrogens is 314 g/mol. The summed E-state index contributed by atoms with van der Waals surface area (Å²) in [7, 11) is 0. The van der Waals surface area contributed by atoms with E-state index < -0.39 is 17.5 Å². The van der Waals surface area contributed by atoms with Crippen molar-refractivity contribution in [3.8, 4) is 0 Å². The highest BCUT2D eigenvalue weighted by Gasteiger charge is 2.16. The van der Waals surface area contributed by atoms with Crippen LogP contribution in [-0.4, -0.2) is 20.7 Å². The van der Waals surface area contributed by atoms with Gasteiger partial charge in [0.2, 0.25) is 0 Å². The minimum atomic E-state index is -0.705. The Hall–Kier alpha value is -2.83. The van der Waals surface area contributed by atoms with E-state index in [1.54, 1.807) is 23.9 Å². The van der Waals surface area contributed by atoms with E-state index >= 15 is 0 Å². The predicted octanol–water partition coefficient (Wildman–Crippen LogP) is 3.85. The summed E-state index contributed by atoms with van der Waals surface area (Å²) in [6.45, 7) is 5.65. The number of fused-ring (bicyclic) bond motifs is 1. The van der Waals surface area contributed by atoms with Crippen molar-refractivity contribution in [2.75, 3.05) is 5.32 Å². The molecule has 0 aliphatic heterocycles. The van der Waals surface area contributed by atoms with Gasteiger partial charge in [0.25, 0.3) is 5.91 Å². The van der Waals surface area contributed by atoms with Crippen molar-refractivity contribution in [2.45, 2.75) is 26.8 Å². The Bertz CT molecular complexity index is 934. The van der Waals surface area contributed by atoms with E-state index in [4.69, 9.17) is 0 Å². The van der Waals surface area contributed by atoms with Crippen LogP contribution in [0.3, 0.4) is 0 Å². The van der Waals surface area contributed by atoms with Crippen LogP contribution in [0.2, 0.25) is 0 Å². The molecule has 7 heteroatoms. The number of halogens is 2.